The van der Waals surface area contributed by atoms with E-state index in [1.54, 1.807) is 12.1 Å². The van der Waals surface area contributed by atoms with Gasteiger partial charge in [-0.25, -0.2) is 24.2 Å². The van der Waals surface area contributed by atoms with Crippen LogP contribution in [0.2, 0.25) is 0 Å². The number of nitrogens with zero attached hydrogens (tertiary/aromatic N) is 2. The van der Waals surface area contributed by atoms with Crippen LogP contribution in [-0.2, 0) is 10.0 Å². The molecule has 0 fully saturated rings. The van der Waals surface area contributed by atoms with Crippen molar-refractivity contribution in [2.75, 3.05) is 10.1 Å². The summed E-state index contributed by atoms with van der Waals surface area (Å²) in [7, 11) is -3.75. The van der Waals surface area contributed by atoms with Gasteiger partial charge in [-0.2, -0.15) is 0 Å². The second-order valence-corrected chi connectivity index (χ2v) is 6.51. The zero-order valence-corrected chi connectivity index (χ0v) is 12.9. The number of hydrogen-bond acceptors (Lipinski definition) is 6. The number of hydrazine groups is 1. The molecule has 0 atom stereocenters. The molecule has 2 rings (SSSR count). The Hall–Kier alpha value is -1.71. The molecule has 0 aliphatic rings. The van der Waals surface area contributed by atoms with E-state index >= 15 is 0 Å². The zero-order chi connectivity index (χ0) is 14.8. The number of nitrogens with one attached hydrogen (secondary N) is 2. The second-order valence-electron chi connectivity index (χ2n) is 3.98. The minimum absolute atomic E-state index is 0.0510. The van der Waals surface area contributed by atoms with Crippen molar-refractivity contribution >= 4 is 37.6 Å². The van der Waals surface area contributed by atoms with Gasteiger partial charge >= 0.3 is 0 Å². The summed E-state index contributed by atoms with van der Waals surface area (Å²) >= 11 is 3.29. The number of hydrogen-bond donors (Lipinski definition) is 3. The normalized spacial score (nSPS) is 11.2. The van der Waals surface area contributed by atoms with Gasteiger partial charge in [0.2, 0.25) is 5.95 Å². The largest absolute Gasteiger partial charge is 0.292 e. The lowest BCUT2D eigenvalue weighted by Gasteiger charge is -2.10. The van der Waals surface area contributed by atoms with Crippen molar-refractivity contribution in [3.05, 3.63) is 40.6 Å². The highest BCUT2D eigenvalue weighted by Crippen LogP contribution is 2.25. The molecule has 0 aliphatic heterocycles. The van der Waals surface area contributed by atoms with E-state index in [2.05, 4.69) is 36.0 Å². The topological polar surface area (TPSA) is 110 Å². The van der Waals surface area contributed by atoms with Gasteiger partial charge < -0.3 is 0 Å². The minimum atomic E-state index is -3.75. The average Bonchev–Trinajstić information content (AvgIpc) is 2.43. The Bertz CT molecular complexity index is 718. The SMILES string of the molecule is Cc1ccc(Br)c(NS(=O)(=O)c2cnc(NN)nc2)c1. The van der Waals surface area contributed by atoms with Crippen LogP contribution in [0.15, 0.2) is 40.0 Å². The third-order valence-electron chi connectivity index (χ3n) is 2.43. The molecule has 20 heavy (non-hydrogen) atoms. The molecule has 106 valence electrons. The summed E-state index contributed by atoms with van der Waals surface area (Å²) in [5, 5.41) is 0. The lowest BCUT2D eigenvalue weighted by atomic mass is 10.2. The summed E-state index contributed by atoms with van der Waals surface area (Å²) in [6, 6.07) is 5.36. The zero-order valence-electron chi connectivity index (χ0n) is 10.5. The molecule has 0 unspecified atom stereocenters. The molecule has 2 aromatic rings. The molecule has 9 heteroatoms. The van der Waals surface area contributed by atoms with E-state index in [-0.39, 0.29) is 10.8 Å². The fourth-order valence-corrected chi connectivity index (χ4v) is 2.89. The highest BCUT2D eigenvalue weighted by Gasteiger charge is 2.16. The first-order valence-electron chi connectivity index (χ1n) is 5.50. The molecule has 0 amide bonds. The van der Waals surface area contributed by atoms with Crippen LogP contribution in [0.1, 0.15) is 5.56 Å². The minimum Gasteiger partial charge on any atom is -0.292 e. The molecule has 1 heterocycles. The van der Waals surface area contributed by atoms with Gasteiger partial charge in [-0.05, 0) is 40.5 Å². The van der Waals surface area contributed by atoms with E-state index in [1.807, 2.05) is 13.0 Å². The van der Waals surface area contributed by atoms with Crippen LogP contribution < -0.4 is 16.0 Å². The summed E-state index contributed by atoms with van der Waals surface area (Å²) in [5.41, 5.74) is 3.61. The van der Waals surface area contributed by atoms with Crippen molar-refractivity contribution < 1.29 is 8.42 Å². The Kier molecular flexibility index (Phi) is 4.21. The number of sulfonamides is 1. The number of anilines is 2. The van der Waals surface area contributed by atoms with Gasteiger partial charge in [0.05, 0.1) is 18.1 Å². The number of aryl methyl sites for hydroxylation is 1. The maximum Gasteiger partial charge on any atom is 0.265 e. The maximum absolute atomic E-state index is 12.2. The summed E-state index contributed by atoms with van der Waals surface area (Å²) in [5.74, 6) is 5.26. The second kappa shape index (κ2) is 5.73. The first-order chi connectivity index (χ1) is 9.42. The predicted octanol–water partition coefficient (Wildman–Crippen LogP) is 1.63. The molecular weight excluding hydrogens is 346 g/mol. The molecule has 0 radical (unpaired) electrons. The Morgan fingerprint density at radius 2 is 1.90 bits per heavy atom. The molecule has 1 aromatic heterocycles. The Balaban J connectivity index is 2.32. The Labute approximate surface area is 124 Å². The third kappa shape index (κ3) is 3.24. The van der Waals surface area contributed by atoms with Crippen molar-refractivity contribution in [3.8, 4) is 0 Å². The molecule has 0 saturated heterocycles. The molecule has 0 saturated carbocycles. The van der Waals surface area contributed by atoms with Crippen molar-refractivity contribution in [2.24, 2.45) is 5.84 Å². The van der Waals surface area contributed by atoms with E-state index in [0.29, 0.717) is 10.2 Å². The van der Waals surface area contributed by atoms with Gasteiger partial charge in [-0.3, -0.25) is 10.1 Å². The van der Waals surface area contributed by atoms with Gasteiger partial charge in [0, 0.05) is 4.47 Å². The highest BCUT2D eigenvalue weighted by molar-refractivity contribution is 9.10. The van der Waals surface area contributed by atoms with Crippen molar-refractivity contribution in [1.29, 1.82) is 0 Å². The number of aromatic nitrogens is 2. The number of nitrogens with two attached hydrogens (primary N) is 1. The molecular formula is C11H12BrN5O2S. The molecule has 1 aromatic carbocycles. The summed E-state index contributed by atoms with van der Waals surface area (Å²) < 4.78 is 27.5. The first-order valence-corrected chi connectivity index (χ1v) is 7.77. The number of rotatable bonds is 4. The quantitative estimate of drug-likeness (QED) is 0.566. The summed E-state index contributed by atoms with van der Waals surface area (Å²) in [6.45, 7) is 1.87. The monoisotopic (exact) mass is 357 g/mol. The van der Waals surface area contributed by atoms with Crippen LogP contribution in [0.3, 0.4) is 0 Å². The fraction of sp³-hybridized carbons (Fsp3) is 0.0909. The van der Waals surface area contributed by atoms with Crippen LogP contribution in [0, 0.1) is 6.92 Å². The van der Waals surface area contributed by atoms with Crippen LogP contribution >= 0.6 is 15.9 Å². The maximum atomic E-state index is 12.2. The van der Waals surface area contributed by atoms with Crippen molar-refractivity contribution in [1.82, 2.24) is 9.97 Å². The van der Waals surface area contributed by atoms with E-state index in [9.17, 15) is 8.42 Å². The van der Waals surface area contributed by atoms with E-state index in [1.165, 1.54) is 12.4 Å². The highest BCUT2D eigenvalue weighted by atomic mass is 79.9. The Morgan fingerprint density at radius 3 is 2.50 bits per heavy atom. The van der Waals surface area contributed by atoms with Gasteiger partial charge in [0.25, 0.3) is 10.0 Å². The van der Waals surface area contributed by atoms with Gasteiger partial charge in [0.1, 0.15) is 4.90 Å². The van der Waals surface area contributed by atoms with E-state index in [0.717, 1.165) is 5.56 Å². The predicted molar refractivity (Wildman–Crippen MR) is 79.5 cm³/mol. The average molecular weight is 358 g/mol. The summed E-state index contributed by atoms with van der Waals surface area (Å²) in [6.07, 6.45) is 2.35. The van der Waals surface area contributed by atoms with Crippen LogP contribution in [-0.4, -0.2) is 18.4 Å². The van der Waals surface area contributed by atoms with Crippen LogP contribution in [0.25, 0.3) is 0 Å². The van der Waals surface area contributed by atoms with Gasteiger partial charge in [0.15, 0.2) is 0 Å². The lowest BCUT2D eigenvalue weighted by molar-refractivity contribution is 0.600. The van der Waals surface area contributed by atoms with E-state index < -0.39 is 10.0 Å². The molecule has 0 spiro atoms. The third-order valence-corrected chi connectivity index (χ3v) is 4.45. The summed E-state index contributed by atoms with van der Waals surface area (Å²) in [4.78, 5) is 7.48. The molecule has 0 bridgehead atoms. The molecule has 4 N–H and O–H groups in total. The number of benzene rings is 1. The van der Waals surface area contributed by atoms with Gasteiger partial charge in [-0.1, -0.05) is 6.07 Å². The number of halogens is 1. The fourth-order valence-electron chi connectivity index (χ4n) is 1.45. The molecule has 0 aliphatic carbocycles. The van der Waals surface area contributed by atoms with Crippen molar-refractivity contribution in [3.63, 3.8) is 0 Å². The van der Waals surface area contributed by atoms with Crippen LogP contribution in [0.4, 0.5) is 11.6 Å². The smallest absolute Gasteiger partial charge is 0.265 e. The lowest BCUT2D eigenvalue weighted by Crippen LogP contribution is -2.15. The van der Waals surface area contributed by atoms with Gasteiger partial charge in [-0.15, -0.1) is 0 Å². The Morgan fingerprint density at radius 1 is 1.25 bits per heavy atom. The van der Waals surface area contributed by atoms with Crippen LogP contribution in [0.5, 0.6) is 0 Å². The van der Waals surface area contributed by atoms with E-state index in [4.69, 9.17) is 5.84 Å². The van der Waals surface area contributed by atoms with Crippen molar-refractivity contribution in [2.45, 2.75) is 11.8 Å². The first kappa shape index (κ1) is 14.7. The molecule has 7 nitrogen and oxygen atoms in total. The number of nitrogen functional groups attached to an aromatic ring is 1. The standard InChI is InChI=1S/C11H12BrN5O2S/c1-7-2-3-9(12)10(4-7)17-20(18,19)8-5-14-11(16-13)15-6-8/h2-6,17H,13H2,1H3,(H,14,15,16).